The lowest BCUT2D eigenvalue weighted by Gasteiger charge is -2.35. The smallest absolute Gasteiger partial charge is 0.243 e. The maximum Gasteiger partial charge on any atom is 0.243 e. The van der Waals surface area contributed by atoms with E-state index in [0.717, 1.165) is 29.7 Å². The molecule has 1 amide bonds. The Bertz CT molecular complexity index is 1170. The highest BCUT2D eigenvalue weighted by Gasteiger charge is 2.38. The molecule has 1 fully saturated rings. The van der Waals surface area contributed by atoms with Crippen molar-refractivity contribution in [3.05, 3.63) is 78.1 Å². The number of rotatable bonds is 6. The van der Waals surface area contributed by atoms with Crippen LogP contribution in [0.15, 0.2) is 71.9 Å². The number of carbonyl (C=O) groups is 1. The molecule has 1 aliphatic heterocycles. The lowest BCUT2D eigenvalue weighted by Crippen LogP contribution is -2.51. The summed E-state index contributed by atoms with van der Waals surface area (Å²) in [4.78, 5) is 15.1. The molecule has 1 aromatic heterocycles. The Morgan fingerprint density at radius 2 is 1.81 bits per heavy atom. The van der Waals surface area contributed by atoms with Gasteiger partial charge in [0.15, 0.2) is 0 Å². The number of sulfonamides is 1. The quantitative estimate of drug-likeness (QED) is 0.575. The monoisotopic (exact) mass is 452 g/mol. The minimum absolute atomic E-state index is 0.187. The summed E-state index contributed by atoms with van der Waals surface area (Å²) in [5, 5.41) is 4.38. The third-order valence-corrected chi connectivity index (χ3v) is 7.74. The number of aryl methyl sites for hydroxylation is 1. The fourth-order valence-electron chi connectivity index (χ4n) is 4.05. The molecule has 0 saturated carbocycles. The van der Waals surface area contributed by atoms with Crippen LogP contribution in [0, 0.1) is 6.92 Å². The lowest BCUT2D eigenvalue weighted by atomic mass is 10.0. The maximum atomic E-state index is 13.3. The van der Waals surface area contributed by atoms with Crippen molar-refractivity contribution < 1.29 is 13.2 Å². The second-order valence-electron chi connectivity index (χ2n) is 8.26. The van der Waals surface area contributed by atoms with E-state index in [1.165, 1.54) is 4.31 Å². The van der Waals surface area contributed by atoms with Crippen molar-refractivity contribution in [2.75, 3.05) is 13.6 Å². The van der Waals surface area contributed by atoms with E-state index in [-0.39, 0.29) is 10.8 Å². The van der Waals surface area contributed by atoms with Crippen molar-refractivity contribution in [2.45, 2.75) is 43.7 Å². The average molecular weight is 453 g/mol. The van der Waals surface area contributed by atoms with Crippen LogP contribution >= 0.6 is 0 Å². The molecule has 2 heterocycles. The van der Waals surface area contributed by atoms with Crippen molar-refractivity contribution >= 4 is 15.9 Å². The van der Waals surface area contributed by atoms with Gasteiger partial charge in [0.25, 0.3) is 0 Å². The first-order chi connectivity index (χ1) is 15.4. The number of carbonyl (C=O) groups excluding carboxylic acids is 1. The van der Waals surface area contributed by atoms with Crippen LogP contribution < -0.4 is 0 Å². The zero-order valence-corrected chi connectivity index (χ0v) is 19.2. The number of hydrogen-bond donors (Lipinski definition) is 0. The predicted molar refractivity (Wildman–Crippen MR) is 123 cm³/mol. The largest absolute Gasteiger partial charge is 0.340 e. The number of aromatic nitrogens is 2. The molecule has 0 unspecified atom stereocenters. The van der Waals surface area contributed by atoms with Gasteiger partial charge in [-0.15, -0.1) is 0 Å². The van der Waals surface area contributed by atoms with Crippen molar-refractivity contribution in [1.29, 1.82) is 0 Å². The molecule has 1 atom stereocenters. The SMILES string of the molecule is Cc1ccc(S(=O)(=O)N2CCCC[C@H]2C(=O)N(C)Cc2cnn(-c3ccccc3)c2)cc1. The Balaban J connectivity index is 1.50. The first kappa shape index (κ1) is 22.2. The molecule has 8 heteroatoms. The van der Waals surface area contributed by atoms with Gasteiger partial charge in [-0.2, -0.15) is 9.40 Å². The van der Waals surface area contributed by atoms with Gasteiger partial charge in [0.1, 0.15) is 6.04 Å². The fraction of sp³-hybridized carbons (Fsp3) is 0.333. The van der Waals surface area contributed by atoms with E-state index in [1.54, 1.807) is 47.1 Å². The number of amides is 1. The van der Waals surface area contributed by atoms with Gasteiger partial charge in [-0.3, -0.25) is 4.79 Å². The molecular formula is C24H28N4O3S. The highest BCUT2D eigenvalue weighted by atomic mass is 32.2. The predicted octanol–water partition coefficient (Wildman–Crippen LogP) is 3.38. The van der Waals surface area contributed by atoms with Gasteiger partial charge in [-0.05, 0) is 44.0 Å². The lowest BCUT2D eigenvalue weighted by molar-refractivity contribution is -0.135. The number of para-hydroxylation sites is 1. The summed E-state index contributed by atoms with van der Waals surface area (Å²) in [5.74, 6) is -0.187. The molecule has 32 heavy (non-hydrogen) atoms. The van der Waals surface area contributed by atoms with E-state index in [0.29, 0.717) is 19.5 Å². The highest BCUT2D eigenvalue weighted by molar-refractivity contribution is 7.89. The molecular weight excluding hydrogens is 424 g/mol. The molecule has 1 aliphatic rings. The summed E-state index contributed by atoms with van der Waals surface area (Å²) in [6, 6.07) is 15.9. The number of hydrogen-bond acceptors (Lipinski definition) is 4. The van der Waals surface area contributed by atoms with Crippen LogP contribution in [0.2, 0.25) is 0 Å². The van der Waals surface area contributed by atoms with Crippen molar-refractivity contribution in [1.82, 2.24) is 19.0 Å². The third-order valence-electron chi connectivity index (χ3n) is 5.82. The van der Waals surface area contributed by atoms with Crippen LogP contribution in [-0.2, 0) is 21.4 Å². The molecule has 168 valence electrons. The molecule has 0 spiro atoms. The van der Waals surface area contributed by atoms with Crippen LogP contribution in [-0.4, -0.2) is 52.9 Å². The molecule has 4 rings (SSSR count). The third kappa shape index (κ3) is 4.61. The highest BCUT2D eigenvalue weighted by Crippen LogP contribution is 2.27. The van der Waals surface area contributed by atoms with Gasteiger partial charge < -0.3 is 4.90 Å². The average Bonchev–Trinajstić information content (AvgIpc) is 3.28. The number of piperidine rings is 1. The summed E-state index contributed by atoms with van der Waals surface area (Å²) in [6.07, 6.45) is 5.73. The fourth-order valence-corrected chi connectivity index (χ4v) is 5.71. The second-order valence-corrected chi connectivity index (χ2v) is 10.2. The van der Waals surface area contributed by atoms with Crippen LogP contribution in [0.3, 0.4) is 0 Å². The van der Waals surface area contributed by atoms with E-state index in [9.17, 15) is 13.2 Å². The molecule has 2 aromatic carbocycles. The van der Waals surface area contributed by atoms with E-state index in [4.69, 9.17) is 0 Å². The molecule has 0 radical (unpaired) electrons. The van der Waals surface area contributed by atoms with E-state index < -0.39 is 16.1 Å². The zero-order valence-electron chi connectivity index (χ0n) is 18.4. The number of nitrogens with zero attached hydrogens (tertiary/aromatic N) is 4. The van der Waals surface area contributed by atoms with Gasteiger partial charge in [0.05, 0.1) is 16.8 Å². The maximum absolute atomic E-state index is 13.3. The summed E-state index contributed by atoms with van der Waals surface area (Å²) < 4.78 is 29.7. The minimum atomic E-state index is -3.74. The standard InChI is InChI=1S/C24H28N4O3S/c1-19-11-13-22(14-12-19)32(30,31)28-15-7-6-10-23(28)24(29)26(2)17-20-16-25-27(18-20)21-8-4-3-5-9-21/h3-5,8-9,11-14,16,18,23H,6-7,10,15,17H2,1-2H3/t23-/m0/s1. The Morgan fingerprint density at radius 3 is 2.53 bits per heavy atom. The molecule has 7 nitrogen and oxygen atoms in total. The van der Waals surface area contributed by atoms with Crippen molar-refractivity contribution in [3.8, 4) is 5.69 Å². The van der Waals surface area contributed by atoms with Crippen molar-refractivity contribution in [2.24, 2.45) is 0 Å². The van der Waals surface area contributed by atoms with Gasteiger partial charge in [0, 0.05) is 31.9 Å². The first-order valence-corrected chi connectivity index (χ1v) is 12.2. The summed E-state index contributed by atoms with van der Waals surface area (Å²) >= 11 is 0. The number of benzene rings is 2. The summed E-state index contributed by atoms with van der Waals surface area (Å²) in [6.45, 7) is 2.63. The Hall–Kier alpha value is -2.97. The Labute approximate surface area is 189 Å². The van der Waals surface area contributed by atoms with E-state index in [1.807, 2.05) is 43.5 Å². The normalized spacial score (nSPS) is 17.2. The molecule has 0 bridgehead atoms. The van der Waals surface area contributed by atoms with Crippen LogP contribution in [0.25, 0.3) is 5.69 Å². The van der Waals surface area contributed by atoms with Crippen molar-refractivity contribution in [3.63, 3.8) is 0 Å². The van der Waals surface area contributed by atoms with Gasteiger partial charge in [0.2, 0.25) is 15.9 Å². The van der Waals surface area contributed by atoms with Crippen LogP contribution in [0.1, 0.15) is 30.4 Å². The van der Waals surface area contributed by atoms with Gasteiger partial charge in [-0.25, -0.2) is 13.1 Å². The number of likely N-dealkylation sites (N-methyl/N-ethyl adjacent to an activating group) is 1. The Kier molecular flexibility index (Phi) is 6.43. The van der Waals surface area contributed by atoms with Gasteiger partial charge >= 0.3 is 0 Å². The molecule has 0 N–H and O–H groups in total. The van der Waals surface area contributed by atoms with E-state index >= 15 is 0 Å². The first-order valence-electron chi connectivity index (χ1n) is 10.8. The minimum Gasteiger partial charge on any atom is -0.340 e. The Morgan fingerprint density at radius 1 is 1.09 bits per heavy atom. The zero-order chi connectivity index (χ0) is 22.7. The molecule has 3 aromatic rings. The molecule has 1 saturated heterocycles. The summed E-state index contributed by atoms with van der Waals surface area (Å²) in [5.41, 5.74) is 2.81. The van der Waals surface area contributed by atoms with Gasteiger partial charge in [-0.1, -0.05) is 42.3 Å². The molecule has 0 aliphatic carbocycles. The second kappa shape index (κ2) is 9.26. The van der Waals surface area contributed by atoms with Crippen LogP contribution in [0.4, 0.5) is 0 Å². The van der Waals surface area contributed by atoms with Crippen LogP contribution in [0.5, 0.6) is 0 Å². The summed E-state index contributed by atoms with van der Waals surface area (Å²) in [7, 11) is -2.03. The topological polar surface area (TPSA) is 75.5 Å². The van der Waals surface area contributed by atoms with E-state index in [2.05, 4.69) is 5.10 Å².